The summed E-state index contributed by atoms with van der Waals surface area (Å²) in [4.78, 5) is 21.2. The predicted molar refractivity (Wildman–Crippen MR) is 84.7 cm³/mol. The van der Waals surface area contributed by atoms with Crippen LogP contribution in [0.1, 0.15) is 48.5 Å². The van der Waals surface area contributed by atoms with Gasteiger partial charge in [0.1, 0.15) is 5.82 Å². The number of aryl methyl sites for hydroxylation is 3. The number of nitrogens with one attached hydrogen (secondary N) is 1. The predicted octanol–water partition coefficient (Wildman–Crippen LogP) is 1.95. The normalized spacial score (nSPS) is 20.8. The standard InChI is InChI=1S/C17H25N3O3/c1-11-15(12(2)20-13(3)19-11)10-18-16(21)14-4-6-17(7-5-14)22-8-9-23-17/h14H,4-10H2,1-3H3,(H,18,21). The van der Waals surface area contributed by atoms with Gasteiger partial charge in [0.05, 0.1) is 13.2 Å². The summed E-state index contributed by atoms with van der Waals surface area (Å²) < 4.78 is 11.4. The van der Waals surface area contributed by atoms with Gasteiger partial charge in [-0.3, -0.25) is 4.79 Å². The summed E-state index contributed by atoms with van der Waals surface area (Å²) in [5.41, 5.74) is 2.88. The molecular weight excluding hydrogens is 294 g/mol. The third-order valence-corrected chi connectivity index (χ3v) is 4.90. The molecule has 3 rings (SSSR count). The smallest absolute Gasteiger partial charge is 0.223 e. The summed E-state index contributed by atoms with van der Waals surface area (Å²) in [7, 11) is 0. The molecule has 0 atom stereocenters. The molecule has 1 aliphatic heterocycles. The second-order valence-electron chi connectivity index (χ2n) is 6.52. The van der Waals surface area contributed by atoms with Gasteiger partial charge in [-0.15, -0.1) is 0 Å². The Balaban J connectivity index is 1.54. The molecule has 2 fully saturated rings. The van der Waals surface area contributed by atoms with E-state index in [4.69, 9.17) is 9.47 Å². The second-order valence-corrected chi connectivity index (χ2v) is 6.52. The summed E-state index contributed by atoms with van der Waals surface area (Å²) in [6.07, 6.45) is 3.23. The summed E-state index contributed by atoms with van der Waals surface area (Å²) in [5.74, 6) is 0.510. The molecule has 1 saturated carbocycles. The molecule has 2 aliphatic rings. The lowest BCUT2D eigenvalue weighted by atomic mass is 9.84. The Bertz CT molecular complexity index is 564. The van der Waals surface area contributed by atoms with Crippen molar-refractivity contribution in [1.29, 1.82) is 0 Å². The Morgan fingerprint density at radius 3 is 2.26 bits per heavy atom. The number of carbonyl (C=O) groups excluding carboxylic acids is 1. The minimum atomic E-state index is -0.408. The third-order valence-electron chi connectivity index (χ3n) is 4.90. The minimum Gasteiger partial charge on any atom is -0.352 e. The van der Waals surface area contributed by atoms with Crippen molar-refractivity contribution in [3.63, 3.8) is 0 Å². The van der Waals surface area contributed by atoms with Gasteiger partial charge in [-0.2, -0.15) is 0 Å². The molecule has 1 aromatic heterocycles. The van der Waals surface area contributed by atoms with Crippen molar-refractivity contribution in [1.82, 2.24) is 15.3 Å². The van der Waals surface area contributed by atoms with E-state index in [1.165, 1.54) is 0 Å². The zero-order chi connectivity index (χ0) is 16.4. The zero-order valence-corrected chi connectivity index (χ0v) is 14.1. The maximum Gasteiger partial charge on any atom is 0.223 e. The Kier molecular flexibility index (Phi) is 4.64. The lowest BCUT2D eigenvalue weighted by molar-refractivity contribution is -0.183. The van der Waals surface area contributed by atoms with Crippen LogP contribution in [0.5, 0.6) is 0 Å². The van der Waals surface area contributed by atoms with Crippen LogP contribution in [0.25, 0.3) is 0 Å². The molecule has 0 bridgehead atoms. The molecule has 1 aromatic rings. The van der Waals surface area contributed by atoms with E-state index in [1.807, 2.05) is 20.8 Å². The Morgan fingerprint density at radius 1 is 1.13 bits per heavy atom. The fourth-order valence-corrected chi connectivity index (χ4v) is 3.59. The first-order valence-corrected chi connectivity index (χ1v) is 8.35. The number of hydrogen-bond acceptors (Lipinski definition) is 5. The van der Waals surface area contributed by atoms with E-state index >= 15 is 0 Å². The van der Waals surface area contributed by atoms with Crippen LogP contribution in [0.4, 0.5) is 0 Å². The molecule has 0 radical (unpaired) electrons. The Labute approximate surface area is 137 Å². The van der Waals surface area contributed by atoms with E-state index < -0.39 is 5.79 Å². The van der Waals surface area contributed by atoms with E-state index in [0.29, 0.717) is 19.8 Å². The number of carbonyl (C=O) groups is 1. The molecule has 6 nitrogen and oxygen atoms in total. The molecule has 1 amide bonds. The van der Waals surface area contributed by atoms with Crippen LogP contribution in [0.15, 0.2) is 0 Å². The highest BCUT2D eigenvalue weighted by Crippen LogP contribution is 2.38. The molecule has 0 aromatic carbocycles. The van der Waals surface area contributed by atoms with Crippen molar-refractivity contribution in [2.45, 2.75) is 58.8 Å². The fraction of sp³-hybridized carbons (Fsp3) is 0.706. The minimum absolute atomic E-state index is 0.0420. The lowest BCUT2D eigenvalue weighted by Crippen LogP contribution is -2.40. The van der Waals surface area contributed by atoms with E-state index in [2.05, 4.69) is 15.3 Å². The molecule has 1 saturated heterocycles. The molecular formula is C17H25N3O3. The van der Waals surface area contributed by atoms with Crippen LogP contribution in [0, 0.1) is 26.7 Å². The van der Waals surface area contributed by atoms with Gasteiger partial charge in [0, 0.05) is 42.3 Å². The van der Waals surface area contributed by atoms with Gasteiger partial charge in [-0.05, 0) is 33.6 Å². The first-order chi connectivity index (χ1) is 11.0. The van der Waals surface area contributed by atoms with E-state index in [-0.39, 0.29) is 11.8 Å². The average molecular weight is 319 g/mol. The van der Waals surface area contributed by atoms with Gasteiger partial charge in [0.2, 0.25) is 5.91 Å². The first kappa shape index (κ1) is 16.3. The quantitative estimate of drug-likeness (QED) is 0.922. The zero-order valence-electron chi connectivity index (χ0n) is 14.1. The van der Waals surface area contributed by atoms with E-state index in [1.54, 1.807) is 0 Å². The van der Waals surface area contributed by atoms with Crippen LogP contribution >= 0.6 is 0 Å². The number of hydrogen-bond donors (Lipinski definition) is 1. The van der Waals surface area contributed by atoms with Crippen molar-refractivity contribution < 1.29 is 14.3 Å². The van der Waals surface area contributed by atoms with Crippen LogP contribution in [0.3, 0.4) is 0 Å². The highest BCUT2D eigenvalue weighted by atomic mass is 16.7. The van der Waals surface area contributed by atoms with Gasteiger partial charge in [-0.25, -0.2) is 9.97 Å². The molecule has 6 heteroatoms. The van der Waals surface area contributed by atoms with Crippen molar-refractivity contribution >= 4 is 5.91 Å². The van der Waals surface area contributed by atoms with Gasteiger partial charge < -0.3 is 14.8 Å². The molecule has 2 heterocycles. The first-order valence-electron chi connectivity index (χ1n) is 8.35. The number of ether oxygens (including phenoxy) is 2. The monoisotopic (exact) mass is 319 g/mol. The van der Waals surface area contributed by atoms with Gasteiger partial charge in [0.15, 0.2) is 5.79 Å². The van der Waals surface area contributed by atoms with Crippen LogP contribution < -0.4 is 5.32 Å². The van der Waals surface area contributed by atoms with Crippen molar-refractivity contribution in [2.75, 3.05) is 13.2 Å². The van der Waals surface area contributed by atoms with Crippen molar-refractivity contribution in [2.24, 2.45) is 5.92 Å². The summed E-state index contributed by atoms with van der Waals surface area (Å²) in [5, 5.41) is 3.05. The number of rotatable bonds is 3. The number of amides is 1. The van der Waals surface area contributed by atoms with Crippen LogP contribution in [-0.4, -0.2) is 34.9 Å². The maximum absolute atomic E-state index is 12.4. The molecule has 0 unspecified atom stereocenters. The number of aromatic nitrogens is 2. The Morgan fingerprint density at radius 2 is 1.70 bits per heavy atom. The van der Waals surface area contributed by atoms with E-state index in [9.17, 15) is 4.79 Å². The highest BCUT2D eigenvalue weighted by Gasteiger charge is 2.41. The topological polar surface area (TPSA) is 73.3 Å². The average Bonchev–Trinajstić information content (AvgIpc) is 2.95. The molecule has 126 valence electrons. The van der Waals surface area contributed by atoms with Crippen LogP contribution in [-0.2, 0) is 20.8 Å². The Hall–Kier alpha value is -1.53. The van der Waals surface area contributed by atoms with Crippen molar-refractivity contribution in [3.05, 3.63) is 22.8 Å². The largest absolute Gasteiger partial charge is 0.352 e. The van der Waals surface area contributed by atoms with Gasteiger partial charge >= 0.3 is 0 Å². The molecule has 1 N–H and O–H groups in total. The molecule has 1 spiro atoms. The summed E-state index contributed by atoms with van der Waals surface area (Å²) >= 11 is 0. The highest BCUT2D eigenvalue weighted by molar-refractivity contribution is 5.78. The lowest BCUT2D eigenvalue weighted by Gasteiger charge is -2.34. The SMILES string of the molecule is Cc1nc(C)c(CNC(=O)C2CCC3(CC2)OCCO3)c(C)n1. The molecule has 1 aliphatic carbocycles. The van der Waals surface area contributed by atoms with E-state index in [0.717, 1.165) is 48.5 Å². The van der Waals surface area contributed by atoms with Gasteiger partial charge in [-0.1, -0.05) is 0 Å². The molecule has 23 heavy (non-hydrogen) atoms. The third kappa shape index (κ3) is 3.53. The fourth-order valence-electron chi connectivity index (χ4n) is 3.59. The van der Waals surface area contributed by atoms with Crippen LogP contribution in [0.2, 0.25) is 0 Å². The summed E-state index contributed by atoms with van der Waals surface area (Å²) in [6, 6.07) is 0. The van der Waals surface area contributed by atoms with Crippen molar-refractivity contribution in [3.8, 4) is 0 Å². The second kappa shape index (κ2) is 6.53. The summed E-state index contributed by atoms with van der Waals surface area (Å²) in [6.45, 7) is 7.63. The number of nitrogens with zero attached hydrogens (tertiary/aromatic N) is 2. The maximum atomic E-state index is 12.4. The van der Waals surface area contributed by atoms with Gasteiger partial charge in [0.25, 0.3) is 0 Å².